The van der Waals surface area contributed by atoms with Crippen LogP contribution in [0.2, 0.25) is 0 Å². The highest BCUT2D eigenvalue weighted by Gasteiger charge is 2.28. The Labute approximate surface area is 128 Å². The molecule has 0 radical (unpaired) electrons. The van der Waals surface area contributed by atoms with Gasteiger partial charge in [-0.15, -0.1) is 11.3 Å². The van der Waals surface area contributed by atoms with Crippen molar-refractivity contribution in [2.45, 2.75) is 19.4 Å². The number of hydrogen-bond acceptors (Lipinski definition) is 7. The molecule has 1 saturated heterocycles. The van der Waals surface area contributed by atoms with E-state index in [0.29, 0.717) is 5.89 Å². The number of nitrogens with zero attached hydrogens (tertiary/aromatic N) is 4. The summed E-state index contributed by atoms with van der Waals surface area (Å²) in [6.45, 7) is 5.09. The quantitative estimate of drug-likeness (QED) is 0.933. The highest BCUT2D eigenvalue weighted by Crippen LogP contribution is 2.34. The van der Waals surface area contributed by atoms with Crippen LogP contribution in [0.4, 0.5) is 5.00 Å². The number of nitrogen functional groups attached to an aromatic ring is 1. The summed E-state index contributed by atoms with van der Waals surface area (Å²) in [5, 5.41) is 4.92. The first-order valence-electron chi connectivity index (χ1n) is 7.19. The third kappa shape index (κ3) is 2.81. The first-order chi connectivity index (χ1) is 10.1. The molecule has 0 bridgehead atoms. The summed E-state index contributed by atoms with van der Waals surface area (Å²) < 4.78 is 5.45. The molecule has 7 heteroatoms. The van der Waals surface area contributed by atoms with Crippen molar-refractivity contribution in [2.75, 3.05) is 39.5 Å². The minimum absolute atomic E-state index is 0.173. The first-order valence-corrected chi connectivity index (χ1v) is 8.01. The van der Waals surface area contributed by atoms with E-state index in [-0.39, 0.29) is 6.04 Å². The van der Waals surface area contributed by atoms with E-state index in [9.17, 15) is 0 Å². The lowest BCUT2D eigenvalue weighted by molar-refractivity contribution is 0.108. The largest absolute Gasteiger partial charge is 0.390 e. The number of likely N-dealkylation sites (N-methyl/N-ethyl adjacent to an activating group) is 2. The van der Waals surface area contributed by atoms with E-state index in [1.54, 1.807) is 11.3 Å². The number of anilines is 1. The highest BCUT2D eigenvalue weighted by molar-refractivity contribution is 7.16. The Bertz CT molecular complexity index is 623. The molecular weight excluding hydrogens is 286 g/mol. The maximum absolute atomic E-state index is 6.06. The van der Waals surface area contributed by atoms with E-state index in [0.717, 1.165) is 42.4 Å². The summed E-state index contributed by atoms with van der Waals surface area (Å²) in [7, 11) is 4.22. The molecule has 0 amide bonds. The monoisotopic (exact) mass is 307 g/mol. The van der Waals surface area contributed by atoms with E-state index >= 15 is 0 Å². The van der Waals surface area contributed by atoms with Gasteiger partial charge in [0, 0.05) is 24.5 Å². The molecule has 0 spiro atoms. The Morgan fingerprint density at radius 2 is 2.24 bits per heavy atom. The molecule has 21 heavy (non-hydrogen) atoms. The average molecular weight is 307 g/mol. The lowest BCUT2D eigenvalue weighted by atomic mass is 10.2. The standard InChI is InChI=1S/C14H21N5OS/c1-4-9-7-10(12(15)21-9)14-16-13(17-20-14)11-8-18(2)5-6-19(11)3/h7,11H,4-6,8,15H2,1-3H3. The zero-order chi connectivity index (χ0) is 15.0. The van der Waals surface area contributed by atoms with Crippen LogP contribution >= 0.6 is 11.3 Å². The number of aryl methyl sites for hydroxylation is 1. The minimum Gasteiger partial charge on any atom is -0.390 e. The van der Waals surface area contributed by atoms with Gasteiger partial charge in [0.2, 0.25) is 0 Å². The van der Waals surface area contributed by atoms with Crippen molar-refractivity contribution >= 4 is 16.3 Å². The second-order valence-corrected chi connectivity index (χ2v) is 6.73. The Hall–Kier alpha value is -1.44. The molecule has 3 rings (SSSR count). The third-order valence-corrected chi connectivity index (χ3v) is 5.09. The Morgan fingerprint density at radius 1 is 1.43 bits per heavy atom. The molecule has 2 aromatic rings. The molecule has 3 heterocycles. The van der Waals surface area contributed by atoms with Crippen LogP contribution in [0.25, 0.3) is 11.5 Å². The number of rotatable bonds is 3. The van der Waals surface area contributed by atoms with Gasteiger partial charge in [0.25, 0.3) is 5.89 Å². The van der Waals surface area contributed by atoms with Crippen LogP contribution in [-0.2, 0) is 6.42 Å². The molecule has 1 aliphatic rings. The summed E-state index contributed by atoms with van der Waals surface area (Å²) >= 11 is 1.59. The zero-order valence-electron chi connectivity index (χ0n) is 12.7. The second kappa shape index (κ2) is 5.75. The normalized spacial score (nSPS) is 21.0. The van der Waals surface area contributed by atoms with Gasteiger partial charge in [-0.05, 0) is 26.6 Å². The smallest absolute Gasteiger partial charge is 0.260 e. The van der Waals surface area contributed by atoms with Crippen LogP contribution in [0, 0.1) is 0 Å². The summed E-state index contributed by atoms with van der Waals surface area (Å²) in [5.41, 5.74) is 6.92. The fourth-order valence-electron chi connectivity index (χ4n) is 2.57. The highest BCUT2D eigenvalue weighted by atomic mass is 32.1. The zero-order valence-corrected chi connectivity index (χ0v) is 13.5. The molecule has 2 N–H and O–H groups in total. The predicted molar refractivity (Wildman–Crippen MR) is 84.3 cm³/mol. The van der Waals surface area contributed by atoms with Gasteiger partial charge in [-0.25, -0.2) is 0 Å². The average Bonchev–Trinajstić information content (AvgIpc) is 3.07. The minimum atomic E-state index is 0.173. The fourth-order valence-corrected chi connectivity index (χ4v) is 3.43. The maximum atomic E-state index is 6.06. The maximum Gasteiger partial charge on any atom is 0.260 e. The second-order valence-electron chi connectivity index (χ2n) is 5.56. The molecule has 0 aliphatic carbocycles. The van der Waals surface area contributed by atoms with E-state index < -0.39 is 0 Å². The molecule has 1 aliphatic heterocycles. The van der Waals surface area contributed by atoms with Gasteiger partial charge >= 0.3 is 0 Å². The van der Waals surface area contributed by atoms with Gasteiger partial charge in [-0.3, -0.25) is 4.90 Å². The van der Waals surface area contributed by atoms with E-state index in [1.165, 1.54) is 4.88 Å². The van der Waals surface area contributed by atoms with Crippen molar-refractivity contribution in [3.8, 4) is 11.5 Å². The summed E-state index contributed by atoms with van der Waals surface area (Å²) in [6.07, 6.45) is 0.964. The van der Waals surface area contributed by atoms with Crippen LogP contribution in [0.15, 0.2) is 10.6 Å². The Morgan fingerprint density at radius 3 is 2.95 bits per heavy atom. The van der Waals surface area contributed by atoms with E-state index in [1.807, 2.05) is 6.07 Å². The number of aromatic nitrogens is 2. The van der Waals surface area contributed by atoms with Crippen molar-refractivity contribution in [1.82, 2.24) is 19.9 Å². The van der Waals surface area contributed by atoms with Crippen molar-refractivity contribution in [3.05, 3.63) is 16.8 Å². The summed E-state index contributed by atoms with van der Waals surface area (Å²) in [4.78, 5) is 10.4. The molecule has 2 aromatic heterocycles. The van der Waals surface area contributed by atoms with Gasteiger partial charge in [0.1, 0.15) is 0 Å². The molecule has 114 valence electrons. The molecule has 0 saturated carbocycles. The van der Waals surface area contributed by atoms with Gasteiger partial charge in [0.05, 0.1) is 16.6 Å². The molecular formula is C14H21N5OS. The number of thiophene rings is 1. The van der Waals surface area contributed by atoms with Crippen molar-refractivity contribution in [1.29, 1.82) is 0 Å². The van der Waals surface area contributed by atoms with Gasteiger partial charge in [-0.2, -0.15) is 4.98 Å². The first kappa shape index (κ1) is 14.5. The topological polar surface area (TPSA) is 71.4 Å². The molecule has 1 fully saturated rings. The lowest BCUT2D eigenvalue weighted by Crippen LogP contribution is -2.45. The Kier molecular flexibility index (Phi) is 3.97. The van der Waals surface area contributed by atoms with Crippen LogP contribution < -0.4 is 5.73 Å². The lowest BCUT2D eigenvalue weighted by Gasteiger charge is -2.35. The van der Waals surface area contributed by atoms with Crippen LogP contribution in [0.1, 0.15) is 23.7 Å². The van der Waals surface area contributed by atoms with E-state index in [2.05, 4.69) is 41.0 Å². The van der Waals surface area contributed by atoms with Crippen LogP contribution in [0.3, 0.4) is 0 Å². The van der Waals surface area contributed by atoms with Crippen molar-refractivity contribution < 1.29 is 4.52 Å². The van der Waals surface area contributed by atoms with Crippen LogP contribution in [-0.4, -0.2) is 53.7 Å². The van der Waals surface area contributed by atoms with Crippen molar-refractivity contribution in [2.24, 2.45) is 0 Å². The molecule has 1 unspecified atom stereocenters. The van der Waals surface area contributed by atoms with Gasteiger partial charge < -0.3 is 15.2 Å². The predicted octanol–water partition coefficient (Wildman–Crippen LogP) is 1.86. The van der Waals surface area contributed by atoms with Gasteiger partial charge in [-0.1, -0.05) is 12.1 Å². The molecule has 1 atom stereocenters. The summed E-state index contributed by atoms with van der Waals surface area (Å²) in [5.74, 6) is 1.27. The SMILES string of the molecule is CCc1cc(-c2nc(C3CN(C)CCN3C)no2)c(N)s1. The fraction of sp³-hybridized carbons (Fsp3) is 0.571. The number of hydrogen-bond donors (Lipinski definition) is 1. The molecule has 6 nitrogen and oxygen atoms in total. The molecule has 0 aromatic carbocycles. The Balaban J connectivity index is 1.87. The van der Waals surface area contributed by atoms with Crippen molar-refractivity contribution in [3.63, 3.8) is 0 Å². The van der Waals surface area contributed by atoms with Crippen LogP contribution in [0.5, 0.6) is 0 Å². The number of piperazine rings is 1. The van der Waals surface area contributed by atoms with E-state index in [4.69, 9.17) is 10.3 Å². The third-order valence-electron chi connectivity index (χ3n) is 3.98. The summed E-state index contributed by atoms with van der Waals surface area (Å²) in [6, 6.07) is 2.22. The number of nitrogens with two attached hydrogens (primary N) is 1. The van der Waals surface area contributed by atoms with Gasteiger partial charge in [0.15, 0.2) is 5.82 Å².